The van der Waals surface area contributed by atoms with Crippen LogP contribution in [0.1, 0.15) is 30.1 Å². The minimum Gasteiger partial charge on any atom is -0.371 e. The van der Waals surface area contributed by atoms with Crippen LogP contribution in [0.5, 0.6) is 0 Å². The van der Waals surface area contributed by atoms with Gasteiger partial charge in [0.05, 0.1) is 18.3 Å². The summed E-state index contributed by atoms with van der Waals surface area (Å²) in [5.41, 5.74) is 0.456. The first kappa shape index (κ1) is 23.7. The third-order valence-electron chi connectivity index (χ3n) is 5.18. The number of anilines is 1. The molecule has 9 heteroatoms. The van der Waals surface area contributed by atoms with Gasteiger partial charge in [0.25, 0.3) is 0 Å². The molecule has 1 saturated heterocycles. The van der Waals surface area contributed by atoms with Crippen molar-refractivity contribution in [2.75, 3.05) is 38.1 Å². The molecule has 1 unspecified atom stereocenters. The van der Waals surface area contributed by atoms with Crippen LogP contribution in [0.4, 0.5) is 18.9 Å². The van der Waals surface area contributed by atoms with Gasteiger partial charge < -0.3 is 15.4 Å². The highest BCUT2D eigenvalue weighted by Gasteiger charge is 2.30. The molecular formula is C23H26F3N3O3. The van der Waals surface area contributed by atoms with Crippen LogP contribution in [0.15, 0.2) is 54.6 Å². The lowest BCUT2D eigenvalue weighted by Crippen LogP contribution is -2.39. The number of ether oxygens (including phenoxy) is 1. The molecular weight excluding hydrogens is 423 g/mol. The molecule has 0 aliphatic carbocycles. The van der Waals surface area contributed by atoms with Crippen molar-refractivity contribution in [2.24, 2.45) is 0 Å². The number of carbonyl (C=O) groups is 2. The van der Waals surface area contributed by atoms with Crippen LogP contribution in [-0.2, 0) is 20.5 Å². The van der Waals surface area contributed by atoms with E-state index in [0.29, 0.717) is 19.6 Å². The summed E-state index contributed by atoms with van der Waals surface area (Å²) in [6.45, 7) is 3.53. The van der Waals surface area contributed by atoms with Gasteiger partial charge in [-0.2, -0.15) is 13.2 Å². The highest BCUT2D eigenvalue weighted by molar-refractivity contribution is 6.39. The molecule has 2 N–H and O–H groups in total. The second kappa shape index (κ2) is 11.1. The molecule has 1 aliphatic rings. The number of alkyl halides is 3. The Morgan fingerprint density at radius 2 is 1.72 bits per heavy atom. The minimum atomic E-state index is -4.45. The van der Waals surface area contributed by atoms with E-state index < -0.39 is 23.6 Å². The highest BCUT2D eigenvalue weighted by Crippen LogP contribution is 2.29. The van der Waals surface area contributed by atoms with Gasteiger partial charge >= 0.3 is 18.0 Å². The number of rotatable bonds is 7. The number of morpholine rings is 1. The van der Waals surface area contributed by atoms with Gasteiger partial charge in [0, 0.05) is 25.3 Å². The molecule has 0 bridgehead atoms. The van der Waals surface area contributed by atoms with Crippen LogP contribution in [0.2, 0.25) is 0 Å². The Kier molecular flexibility index (Phi) is 8.24. The van der Waals surface area contributed by atoms with Gasteiger partial charge in [0.2, 0.25) is 0 Å². The lowest BCUT2D eigenvalue weighted by atomic mass is 10.1. The van der Waals surface area contributed by atoms with Crippen LogP contribution in [0, 0.1) is 0 Å². The smallest absolute Gasteiger partial charge is 0.371 e. The molecule has 0 saturated carbocycles. The number of nitrogens with zero attached hydrogens (tertiary/aromatic N) is 1. The second-order valence-corrected chi connectivity index (χ2v) is 7.56. The quantitative estimate of drug-likeness (QED) is 0.501. The zero-order valence-corrected chi connectivity index (χ0v) is 17.5. The Hall–Kier alpha value is -2.91. The van der Waals surface area contributed by atoms with Crippen molar-refractivity contribution in [1.29, 1.82) is 0 Å². The SMILES string of the molecule is O=C(NCCCCN1CCOC(c2ccccc2)C1)C(=O)Nc1ccc(C(F)(F)F)cc1. The molecule has 1 fully saturated rings. The fraction of sp³-hybridized carbons (Fsp3) is 0.391. The highest BCUT2D eigenvalue weighted by atomic mass is 19.4. The number of unbranched alkanes of at least 4 members (excludes halogenated alkanes) is 1. The molecule has 2 amide bonds. The Balaban J connectivity index is 1.33. The molecule has 2 aromatic rings. The molecule has 3 rings (SSSR count). The number of nitrogens with one attached hydrogen (secondary N) is 2. The summed E-state index contributed by atoms with van der Waals surface area (Å²) < 4.78 is 43.6. The van der Waals surface area contributed by atoms with Crippen LogP contribution in [-0.4, -0.2) is 49.5 Å². The Morgan fingerprint density at radius 1 is 1.00 bits per heavy atom. The second-order valence-electron chi connectivity index (χ2n) is 7.56. The summed E-state index contributed by atoms with van der Waals surface area (Å²) in [4.78, 5) is 26.1. The normalized spacial score (nSPS) is 17.0. The molecule has 172 valence electrons. The third-order valence-corrected chi connectivity index (χ3v) is 5.18. The molecule has 0 aromatic heterocycles. The summed E-state index contributed by atoms with van der Waals surface area (Å²) >= 11 is 0. The van der Waals surface area contributed by atoms with Gasteiger partial charge in [0.15, 0.2) is 0 Å². The summed E-state index contributed by atoms with van der Waals surface area (Å²) in [6.07, 6.45) is -2.85. The van der Waals surface area contributed by atoms with E-state index in [2.05, 4.69) is 27.7 Å². The zero-order valence-electron chi connectivity index (χ0n) is 17.5. The van der Waals surface area contributed by atoms with Crippen molar-refractivity contribution in [3.63, 3.8) is 0 Å². The van der Waals surface area contributed by atoms with Crippen molar-refractivity contribution in [1.82, 2.24) is 10.2 Å². The fourth-order valence-electron chi connectivity index (χ4n) is 3.45. The van der Waals surface area contributed by atoms with Crippen LogP contribution < -0.4 is 10.6 Å². The van der Waals surface area contributed by atoms with E-state index in [1.165, 1.54) is 0 Å². The van der Waals surface area contributed by atoms with E-state index >= 15 is 0 Å². The van der Waals surface area contributed by atoms with Gasteiger partial charge in [-0.25, -0.2) is 0 Å². The third kappa shape index (κ3) is 7.06. The zero-order chi connectivity index (χ0) is 23.0. The van der Waals surface area contributed by atoms with Gasteiger partial charge in [-0.3, -0.25) is 14.5 Å². The van der Waals surface area contributed by atoms with Crippen molar-refractivity contribution in [3.8, 4) is 0 Å². The summed E-state index contributed by atoms with van der Waals surface area (Å²) in [5, 5.41) is 4.83. The number of amides is 2. The van der Waals surface area contributed by atoms with Crippen LogP contribution in [0.25, 0.3) is 0 Å². The fourth-order valence-corrected chi connectivity index (χ4v) is 3.45. The molecule has 2 aromatic carbocycles. The van der Waals surface area contributed by atoms with E-state index in [9.17, 15) is 22.8 Å². The summed E-state index contributed by atoms with van der Waals surface area (Å²) in [5.74, 6) is -1.73. The van der Waals surface area contributed by atoms with Gasteiger partial charge in [-0.1, -0.05) is 30.3 Å². The minimum absolute atomic E-state index is 0.0542. The average molecular weight is 449 g/mol. The number of carbonyl (C=O) groups excluding carboxylic acids is 2. The molecule has 0 radical (unpaired) electrons. The summed E-state index contributed by atoms with van der Waals surface area (Å²) in [7, 11) is 0. The van der Waals surface area contributed by atoms with Gasteiger partial charge in [-0.15, -0.1) is 0 Å². The Labute approximate surface area is 184 Å². The molecule has 1 aliphatic heterocycles. The first-order chi connectivity index (χ1) is 15.3. The number of halogens is 3. The van der Waals surface area contributed by atoms with Crippen LogP contribution in [0.3, 0.4) is 0 Å². The first-order valence-corrected chi connectivity index (χ1v) is 10.5. The average Bonchev–Trinajstić information content (AvgIpc) is 2.79. The van der Waals surface area contributed by atoms with Gasteiger partial charge in [-0.05, 0) is 49.2 Å². The van der Waals surface area contributed by atoms with E-state index in [1.807, 2.05) is 18.2 Å². The molecule has 1 heterocycles. The lowest BCUT2D eigenvalue weighted by molar-refractivity contribution is -0.137. The lowest BCUT2D eigenvalue weighted by Gasteiger charge is -2.33. The van der Waals surface area contributed by atoms with Crippen LogP contribution >= 0.6 is 0 Å². The predicted octanol–water partition coefficient (Wildman–Crippen LogP) is 3.61. The number of hydrogen-bond acceptors (Lipinski definition) is 4. The standard InChI is InChI=1S/C23H26F3N3O3/c24-23(25,26)18-8-10-19(11-9-18)28-22(31)21(30)27-12-4-5-13-29-14-15-32-20(16-29)17-6-2-1-3-7-17/h1-3,6-11,20H,4-5,12-16H2,(H,27,30)(H,28,31). The predicted molar refractivity (Wildman–Crippen MR) is 114 cm³/mol. The summed E-state index contributed by atoms with van der Waals surface area (Å²) in [6, 6.07) is 14.0. The van der Waals surface area contributed by atoms with E-state index in [4.69, 9.17) is 4.74 Å². The van der Waals surface area contributed by atoms with Gasteiger partial charge in [0.1, 0.15) is 0 Å². The first-order valence-electron chi connectivity index (χ1n) is 10.5. The maximum Gasteiger partial charge on any atom is 0.416 e. The van der Waals surface area contributed by atoms with E-state index in [0.717, 1.165) is 55.9 Å². The molecule has 0 spiro atoms. The van der Waals surface area contributed by atoms with Crippen molar-refractivity contribution in [2.45, 2.75) is 25.1 Å². The maximum atomic E-state index is 12.6. The van der Waals surface area contributed by atoms with Crippen molar-refractivity contribution < 1.29 is 27.5 Å². The number of hydrogen-bond donors (Lipinski definition) is 2. The Bertz CT molecular complexity index is 889. The Morgan fingerprint density at radius 3 is 2.41 bits per heavy atom. The van der Waals surface area contributed by atoms with Crippen molar-refractivity contribution >= 4 is 17.5 Å². The number of benzene rings is 2. The molecule has 32 heavy (non-hydrogen) atoms. The van der Waals surface area contributed by atoms with E-state index in [-0.39, 0.29) is 11.8 Å². The van der Waals surface area contributed by atoms with E-state index in [1.54, 1.807) is 0 Å². The maximum absolute atomic E-state index is 12.6. The van der Waals surface area contributed by atoms with Crippen molar-refractivity contribution in [3.05, 3.63) is 65.7 Å². The largest absolute Gasteiger partial charge is 0.416 e. The topological polar surface area (TPSA) is 70.7 Å². The molecule has 6 nitrogen and oxygen atoms in total. The molecule has 1 atom stereocenters. The monoisotopic (exact) mass is 449 g/mol.